The molecule has 0 spiro atoms. The van der Waals surface area contributed by atoms with Gasteiger partial charge < -0.3 is 14.8 Å². The normalized spacial score (nSPS) is 11.8. The van der Waals surface area contributed by atoms with Crippen LogP contribution < -0.4 is 5.32 Å². The van der Waals surface area contributed by atoms with Gasteiger partial charge in [0.15, 0.2) is 0 Å². The molecule has 1 rings (SSSR count). The van der Waals surface area contributed by atoms with Crippen LogP contribution in [-0.4, -0.2) is 38.0 Å². The molecule has 0 fully saturated rings. The third-order valence-corrected chi connectivity index (χ3v) is 4.01. The Hall–Kier alpha value is -0.490. The van der Waals surface area contributed by atoms with Crippen LogP contribution in [-0.2, 0) is 22.4 Å². The maximum atomic E-state index is 5.51. The van der Waals surface area contributed by atoms with Gasteiger partial charge in [0, 0.05) is 31.0 Å². The van der Waals surface area contributed by atoms with E-state index in [0.29, 0.717) is 31.8 Å². The first-order chi connectivity index (χ1) is 9.54. The summed E-state index contributed by atoms with van der Waals surface area (Å²) in [5.74, 6) is 0.471. The SMILES string of the molecule is COCCOCCc1nc(C(C)C)c(CNC(C)C)s1. The van der Waals surface area contributed by atoms with Gasteiger partial charge in [-0.05, 0) is 5.92 Å². The van der Waals surface area contributed by atoms with E-state index < -0.39 is 0 Å². The van der Waals surface area contributed by atoms with Crippen LogP contribution in [0.5, 0.6) is 0 Å². The molecule has 0 aliphatic heterocycles. The summed E-state index contributed by atoms with van der Waals surface area (Å²) in [6.07, 6.45) is 0.885. The summed E-state index contributed by atoms with van der Waals surface area (Å²) in [5, 5.41) is 4.65. The summed E-state index contributed by atoms with van der Waals surface area (Å²) in [5.41, 5.74) is 1.23. The van der Waals surface area contributed by atoms with Crippen LogP contribution >= 0.6 is 11.3 Å². The van der Waals surface area contributed by atoms with Crippen molar-refractivity contribution in [1.82, 2.24) is 10.3 Å². The van der Waals surface area contributed by atoms with E-state index in [0.717, 1.165) is 13.0 Å². The molecule has 0 saturated carbocycles. The Labute approximate surface area is 126 Å². The number of methoxy groups -OCH3 is 1. The molecule has 0 bridgehead atoms. The van der Waals surface area contributed by atoms with E-state index in [1.54, 1.807) is 7.11 Å². The van der Waals surface area contributed by atoms with Crippen molar-refractivity contribution in [3.05, 3.63) is 15.6 Å². The molecule has 1 N–H and O–H groups in total. The zero-order valence-electron chi connectivity index (χ0n) is 13.4. The standard InChI is InChI=1S/C15H28N2O2S/c1-11(2)15-13(10-16-12(3)4)20-14(17-15)6-7-19-9-8-18-5/h11-12,16H,6-10H2,1-5H3. The number of hydrogen-bond donors (Lipinski definition) is 1. The molecule has 0 radical (unpaired) electrons. The van der Waals surface area contributed by atoms with Gasteiger partial charge in [0.05, 0.1) is 30.5 Å². The number of nitrogens with zero attached hydrogens (tertiary/aromatic N) is 1. The fraction of sp³-hybridized carbons (Fsp3) is 0.800. The van der Waals surface area contributed by atoms with E-state index in [2.05, 4.69) is 33.0 Å². The van der Waals surface area contributed by atoms with Gasteiger partial charge in [-0.15, -0.1) is 11.3 Å². The lowest BCUT2D eigenvalue weighted by atomic mass is 10.1. The smallest absolute Gasteiger partial charge is 0.0954 e. The third-order valence-electron chi connectivity index (χ3n) is 2.88. The predicted molar refractivity (Wildman–Crippen MR) is 84.6 cm³/mol. The van der Waals surface area contributed by atoms with Crippen LogP contribution in [0.3, 0.4) is 0 Å². The molecule has 116 valence electrons. The maximum Gasteiger partial charge on any atom is 0.0954 e. The molecule has 1 aromatic rings. The average Bonchev–Trinajstić information content (AvgIpc) is 2.79. The highest BCUT2D eigenvalue weighted by Gasteiger charge is 2.14. The van der Waals surface area contributed by atoms with Crippen LogP contribution in [0.25, 0.3) is 0 Å². The predicted octanol–water partition coefficient (Wildman–Crippen LogP) is 2.97. The lowest BCUT2D eigenvalue weighted by Gasteiger charge is -2.09. The lowest BCUT2D eigenvalue weighted by molar-refractivity contribution is 0.0722. The Morgan fingerprint density at radius 2 is 1.90 bits per heavy atom. The van der Waals surface area contributed by atoms with E-state index in [-0.39, 0.29) is 0 Å². The Kier molecular flexibility index (Phi) is 8.30. The first-order valence-corrected chi connectivity index (χ1v) is 8.14. The molecule has 1 heterocycles. The van der Waals surface area contributed by atoms with Crippen LogP contribution in [0.4, 0.5) is 0 Å². The molecule has 0 atom stereocenters. The van der Waals surface area contributed by atoms with E-state index in [4.69, 9.17) is 14.5 Å². The minimum absolute atomic E-state index is 0.471. The van der Waals surface area contributed by atoms with Gasteiger partial charge in [0.2, 0.25) is 0 Å². The summed E-state index contributed by atoms with van der Waals surface area (Å²) in [7, 11) is 1.69. The number of ether oxygens (including phenoxy) is 2. The first kappa shape index (κ1) is 17.6. The quantitative estimate of drug-likeness (QED) is 0.675. The molecule has 0 saturated heterocycles. The lowest BCUT2D eigenvalue weighted by Crippen LogP contribution is -2.22. The van der Waals surface area contributed by atoms with E-state index in [9.17, 15) is 0 Å². The molecule has 20 heavy (non-hydrogen) atoms. The van der Waals surface area contributed by atoms with Gasteiger partial charge in [-0.1, -0.05) is 27.7 Å². The average molecular weight is 300 g/mol. The Morgan fingerprint density at radius 3 is 2.50 bits per heavy atom. The van der Waals surface area contributed by atoms with Crippen LogP contribution in [0.15, 0.2) is 0 Å². The van der Waals surface area contributed by atoms with Crippen LogP contribution in [0, 0.1) is 0 Å². The number of rotatable bonds is 10. The molecule has 0 aliphatic rings. The van der Waals surface area contributed by atoms with Gasteiger partial charge in [-0.3, -0.25) is 0 Å². The Balaban J connectivity index is 2.52. The minimum atomic E-state index is 0.471. The molecule has 5 heteroatoms. The van der Waals surface area contributed by atoms with Crippen LogP contribution in [0.2, 0.25) is 0 Å². The van der Waals surface area contributed by atoms with Crippen LogP contribution in [0.1, 0.15) is 49.2 Å². The largest absolute Gasteiger partial charge is 0.382 e. The molecule has 0 aliphatic carbocycles. The second-order valence-electron chi connectivity index (χ2n) is 5.46. The summed E-state index contributed by atoms with van der Waals surface area (Å²) in [4.78, 5) is 6.13. The molecule has 0 amide bonds. The number of nitrogens with one attached hydrogen (secondary N) is 1. The van der Waals surface area contributed by atoms with Crippen molar-refractivity contribution in [1.29, 1.82) is 0 Å². The highest BCUT2D eigenvalue weighted by atomic mass is 32.1. The fourth-order valence-electron chi connectivity index (χ4n) is 1.80. The van der Waals surface area contributed by atoms with Gasteiger partial charge in [-0.2, -0.15) is 0 Å². The Morgan fingerprint density at radius 1 is 1.15 bits per heavy atom. The summed E-state index contributed by atoms with van der Waals surface area (Å²) < 4.78 is 10.5. The topological polar surface area (TPSA) is 43.4 Å². The van der Waals surface area contributed by atoms with E-state index >= 15 is 0 Å². The molecular formula is C15H28N2O2S. The molecule has 1 aromatic heterocycles. The van der Waals surface area contributed by atoms with Gasteiger partial charge >= 0.3 is 0 Å². The number of thiazole rings is 1. The maximum absolute atomic E-state index is 5.51. The third kappa shape index (κ3) is 6.31. The van der Waals surface area contributed by atoms with Crippen molar-refractivity contribution in [2.75, 3.05) is 26.9 Å². The number of hydrogen-bond acceptors (Lipinski definition) is 5. The molecular weight excluding hydrogens is 272 g/mol. The highest BCUT2D eigenvalue weighted by Crippen LogP contribution is 2.25. The highest BCUT2D eigenvalue weighted by molar-refractivity contribution is 7.11. The second kappa shape index (κ2) is 9.45. The molecule has 0 aromatic carbocycles. The molecule has 4 nitrogen and oxygen atoms in total. The van der Waals surface area contributed by atoms with Gasteiger partial charge in [0.25, 0.3) is 0 Å². The van der Waals surface area contributed by atoms with Gasteiger partial charge in [-0.25, -0.2) is 4.98 Å². The summed E-state index contributed by atoms with van der Waals surface area (Å²) >= 11 is 1.81. The van der Waals surface area contributed by atoms with Gasteiger partial charge in [0.1, 0.15) is 0 Å². The minimum Gasteiger partial charge on any atom is -0.382 e. The summed E-state index contributed by atoms with van der Waals surface area (Å²) in [6.45, 7) is 11.7. The zero-order valence-corrected chi connectivity index (χ0v) is 14.2. The fourth-order valence-corrected chi connectivity index (χ4v) is 2.95. The van der Waals surface area contributed by atoms with E-state index in [1.807, 2.05) is 11.3 Å². The monoisotopic (exact) mass is 300 g/mol. The first-order valence-electron chi connectivity index (χ1n) is 7.33. The van der Waals surface area contributed by atoms with Crippen molar-refractivity contribution >= 4 is 11.3 Å². The van der Waals surface area contributed by atoms with E-state index in [1.165, 1.54) is 15.6 Å². The Bertz CT molecular complexity index is 378. The van der Waals surface area contributed by atoms with Crippen molar-refractivity contribution in [2.45, 2.75) is 52.6 Å². The van der Waals surface area contributed by atoms with Crippen molar-refractivity contribution in [3.63, 3.8) is 0 Å². The number of aromatic nitrogens is 1. The second-order valence-corrected chi connectivity index (χ2v) is 6.63. The van der Waals surface area contributed by atoms with Crippen molar-refractivity contribution < 1.29 is 9.47 Å². The van der Waals surface area contributed by atoms with Crippen molar-refractivity contribution in [3.8, 4) is 0 Å². The molecule has 0 unspecified atom stereocenters. The zero-order chi connectivity index (χ0) is 15.0. The van der Waals surface area contributed by atoms with Crippen molar-refractivity contribution in [2.24, 2.45) is 0 Å². The summed E-state index contributed by atoms with van der Waals surface area (Å²) in [6, 6.07) is 0.498.